The Morgan fingerprint density at radius 3 is 2.38 bits per heavy atom. The van der Waals surface area contributed by atoms with Gasteiger partial charge in [-0.2, -0.15) is 0 Å². The maximum atomic E-state index is 9.01. The first-order valence-electron chi connectivity index (χ1n) is 5.54. The lowest BCUT2D eigenvalue weighted by Gasteiger charge is -2.38. The third kappa shape index (κ3) is 2.68. The molecule has 2 heteroatoms. The normalized spacial score (nSPS) is 24.2. The fourth-order valence-electron chi connectivity index (χ4n) is 2.53. The molecule has 0 aromatic heterocycles. The lowest BCUT2D eigenvalue weighted by molar-refractivity contribution is 0.104. The summed E-state index contributed by atoms with van der Waals surface area (Å²) in [5.74, 6) is 0.749. The Bertz CT molecular complexity index is 143. The second kappa shape index (κ2) is 4.97. The van der Waals surface area contributed by atoms with Crippen LogP contribution in [0.1, 0.15) is 45.4 Å². The highest BCUT2D eigenvalue weighted by atomic mass is 16.3. The molecule has 1 aliphatic carbocycles. The molecule has 1 atom stereocenters. The number of hydrogen-bond acceptors (Lipinski definition) is 2. The van der Waals surface area contributed by atoms with Gasteiger partial charge in [0, 0.05) is 6.61 Å². The van der Waals surface area contributed by atoms with Gasteiger partial charge in [-0.3, -0.25) is 0 Å². The van der Waals surface area contributed by atoms with Gasteiger partial charge in [-0.05, 0) is 37.1 Å². The van der Waals surface area contributed by atoms with E-state index in [-0.39, 0.29) is 12.0 Å². The Morgan fingerprint density at radius 2 is 1.92 bits per heavy atom. The van der Waals surface area contributed by atoms with Crippen LogP contribution in [0.4, 0.5) is 0 Å². The van der Waals surface area contributed by atoms with Gasteiger partial charge in [0.15, 0.2) is 0 Å². The summed E-state index contributed by atoms with van der Waals surface area (Å²) in [6.45, 7) is 3.24. The quantitative estimate of drug-likeness (QED) is 0.703. The predicted molar refractivity (Wildman–Crippen MR) is 55.4 cm³/mol. The molecule has 0 aromatic rings. The Balaban J connectivity index is 2.51. The molecule has 1 rings (SSSR count). The SMILES string of the molecule is CC(CN)(CCO)C1CCCCC1. The highest BCUT2D eigenvalue weighted by Gasteiger charge is 2.32. The number of hydrogen-bond donors (Lipinski definition) is 2. The molecule has 0 radical (unpaired) electrons. The van der Waals surface area contributed by atoms with Crippen LogP contribution in [0.2, 0.25) is 0 Å². The van der Waals surface area contributed by atoms with E-state index in [0.717, 1.165) is 18.9 Å². The molecule has 1 unspecified atom stereocenters. The van der Waals surface area contributed by atoms with E-state index in [1.807, 2.05) is 0 Å². The fraction of sp³-hybridized carbons (Fsp3) is 1.00. The molecule has 0 amide bonds. The Hall–Kier alpha value is -0.0800. The van der Waals surface area contributed by atoms with Gasteiger partial charge in [0.25, 0.3) is 0 Å². The summed E-state index contributed by atoms with van der Waals surface area (Å²) in [4.78, 5) is 0. The standard InChI is InChI=1S/C11H23NO/c1-11(9-12,7-8-13)10-5-3-2-4-6-10/h10,13H,2-9,12H2,1H3. The van der Waals surface area contributed by atoms with Crippen molar-refractivity contribution < 1.29 is 5.11 Å². The maximum absolute atomic E-state index is 9.01. The lowest BCUT2D eigenvalue weighted by atomic mass is 9.68. The van der Waals surface area contributed by atoms with Crippen molar-refractivity contribution in [3.8, 4) is 0 Å². The zero-order valence-electron chi connectivity index (χ0n) is 8.76. The number of aliphatic hydroxyl groups is 1. The van der Waals surface area contributed by atoms with E-state index >= 15 is 0 Å². The van der Waals surface area contributed by atoms with Crippen LogP contribution in [0.15, 0.2) is 0 Å². The zero-order chi connectivity index (χ0) is 9.73. The van der Waals surface area contributed by atoms with Crippen LogP contribution in [0.5, 0.6) is 0 Å². The third-order valence-corrected chi connectivity index (χ3v) is 3.74. The van der Waals surface area contributed by atoms with Gasteiger partial charge in [-0.25, -0.2) is 0 Å². The molecule has 1 saturated carbocycles. The molecule has 0 aliphatic heterocycles. The molecule has 2 nitrogen and oxygen atoms in total. The third-order valence-electron chi connectivity index (χ3n) is 3.74. The largest absolute Gasteiger partial charge is 0.396 e. The molecule has 1 fully saturated rings. The van der Waals surface area contributed by atoms with Crippen molar-refractivity contribution in [1.82, 2.24) is 0 Å². The zero-order valence-corrected chi connectivity index (χ0v) is 8.76. The summed E-state index contributed by atoms with van der Waals surface area (Å²) in [6, 6.07) is 0. The first-order valence-corrected chi connectivity index (χ1v) is 5.54. The van der Waals surface area contributed by atoms with Gasteiger partial charge in [0.2, 0.25) is 0 Å². The van der Waals surface area contributed by atoms with E-state index in [1.54, 1.807) is 0 Å². The van der Waals surface area contributed by atoms with Crippen molar-refractivity contribution in [2.75, 3.05) is 13.2 Å². The van der Waals surface area contributed by atoms with Crippen LogP contribution in [-0.2, 0) is 0 Å². The average molecular weight is 185 g/mol. The topological polar surface area (TPSA) is 46.2 Å². The second-order valence-corrected chi connectivity index (χ2v) is 4.67. The van der Waals surface area contributed by atoms with Crippen LogP contribution in [0.3, 0.4) is 0 Å². The first kappa shape index (κ1) is 11.0. The summed E-state index contributed by atoms with van der Waals surface area (Å²) in [5.41, 5.74) is 6.00. The van der Waals surface area contributed by atoms with Crippen molar-refractivity contribution in [2.45, 2.75) is 45.4 Å². The average Bonchev–Trinajstić information content (AvgIpc) is 2.19. The molecule has 13 heavy (non-hydrogen) atoms. The minimum atomic E-state index is 0.190. The predicted octanol–water partition coefficient (Wildman–Crippen LogP) is 1.91. The maximum Gasteiger partial charge on any atom is 0.0436 e. The molecule has 1 aliphatic rings. The molecular formula is C11H23NO. The van der Waals surface area contributed by atoms with E-state index in [9.17, 15) is 0 Å². The Kier molecular flexibility index (Phi) is 4.20. The van der Waals surface area contributed by atoms with E-state index in [2.05, 4.69) is 6.92 Å². The van der Waals surface area contributed by atoms with Gasteiger partial charge < -0.3 is 10.8 Å². The number of rotatable bonds is 4. The minimum Gasteiger partial charge on any atom is -0.396 e. The van der Waals surface area contributed by atoms with Crippen LogP contribution < -0.4 is 5.73 Å². The van der Waals surface area contributed by atoms with E-state index in [1.165, 1.54) is 32.1 Å². The van der Waals surface area contributed by atoms with E-state index in [4.69, 9.17) is 10.8 Å². The van der Waals surface area contributed by atoms with E-state index in [0.29, 0.717) is 0 Å². The smallest absolute Gasteiger partial charge is 0.0436 e. The highest BCUT2D eigenvalue weighted by Crippen LogP contribution is 2.39. The van der Waals surface area contributed by atoms with Crippen LogP contribution >= 0.6 is 0 Å². The summed E-state index contributed by atoms with van der Waals surface area (Å²) < 4.78 is 0. The van der Waals surface area contributed by atoms with E-state index < -0.39 is 0 Å². The fourth-order valence-corrected chi connectivity index (χ4v) is 2.53. The van der Waals surface area contributed by atoms with Crippen molar-refractivity contribution in [1.29, 1.82) is 0 Å². The monoisotopic (exact) mass is 185 g/mol. The summed E-state index contributed by atoms with van der Waals surface area (Å²) in [6.07, 6.45) is 7.59. The number of nitrogens with two attached hydrogens (primary N) is 1. The Morgan fingerprint density at radius 1 is 1.31 bits per heavy atom. The van der Waals surface area contributed by atoms with Gasteiger partial charge in [-0.15, -0.1) is 0 Å². The molecule has 3 N–H and O–H groups in total. The van der Waals surface area contributed by atoms with Crippen molar-refractivity contribution in [3.05, 3.63) is 0 Å². The van der Waals surface area contributed by atoms with Crippen molar-refractivity contribution in [3.63, 3.8) is 0 Å². The lowest BCUT2D eigenvalue weighted by Crippen LogP contribution is -2.37. The van der Waals surface area contributed by atoms with Gasteiger partial charge in [-0.1, -0.05) is 26.2 Å². The van der Waals surface area contributed by atoms with Crippen LogP contribution in [0, 0.1) is 11.3 Å². The molecule has 0 saturated heterocycles. The van der Waals surface area contributed by atoms with Gasteiger partial charge >= 0.3 is 0 Å². The molecule has 78 valence electrons. The molecule has 0 spiro atoms. The summed E-state index contributed by atoms with van der Waals surface area (Å²) in [5, 5.41) is 9.01. The van der Waals surface area contributed by atoms with Crippen molar-refractivity contribution >= 4 is 0 Å². The first-order chi connectivity index (χ1) is 6.23. The molecular weight excluding hydrogens is 162 g/mol. The Labute approximate surface area is 81.5 Å². The second-order valence-electron chi connectivity index (χ2n) is 4.67. The number of aliphatic hydroxyl groups excluding tert-OH is 1. The van der Waals surface area contributed by atoms with Gasteiger partial charge in [0.05, 0.1) is 0 Å². The minimum absolute atomic E-state index is 0.190. The summed E-state index contributed by atoms with van der Waals surface area (Å²) >= 11 is 0. The van der Waals surface area contributed by atoms with Crippen molar-refractivity contribution in [2.24, 2.45) is 17.1 Å². The highest BCUT2D eigenvalue weighted by molar-refractivity contribution is 4.85. The van der Waals surface area contributed by atoms with Crippen LogP contribution in [-0.4, -0.2) is 18.3 Å². The molecule has 0 heterocycles. The summed E-state index contributed by atoms with van der Waals surface area (Å²) in [7, 11) is 0. The molecule has 0 bridgehead atoms. The van der Waals surface area contributed by atoms with Crippen LogP contribution in [0.25, 0.3) is 0 Å². The molecule has 0 aromatic carbocycles. The van der Waals surface area contributed by atoms with Gasteiger partial charge in [0.1, 0.15) is 0 Å².